The van der Waals surface area contributed by atoms with Gasteiger partial charge in [-0.2, -0.15) is 0 Å². The number of sulfonamides is 1. The summed E-state index contributed by atoms with van der Waals surface area (Å²) in [5.74, 6) is -1.55. The van der Waals surface area contributed by atoms with Crippen LogP contribution in [0.15, 0.2) is 29.2 Å². The molecule has 1 amide bonds. The number of hydrogen-bond donors (Lipinski definition) is 11. The molecule has 1 aromatic carbocycles. The van der Waals surface area contributed by atoms with E-state index in [1.807, 2.05) is 4.72 Å². The Kier molecular flexibility index (Phi) is 14.6. The molecule has 0 radical (unpaired) electrons. The summed E-state index contributed by atoms with van der Waals surface area (Å²) < 4.78 is 24.2. The molecule has 0 fully saturated rings. The molecule has 1 aromatic rings. The molecular formula is C19H29NO15S. The lowest BCUT2D eigenvalue weighted by molar-refractivity contribution is -0.142. The van der Waals surface area contributed by atoms with Crippen molar-refractivity contribution in [3.05, 3.63) is 29.8 Å². The van der Waals surface area contributed by atoms with Crippen LogP contribution in [0.2, 0.25) is 0 Å². The summed E-state index contributed by atoms with van der Waals surface area (Å²) >= 11 is 0. The van der Waals surface area contributed by atoms with Crippen molar-refractivity contribution in [3.63, 3.8) is 0 Å². The zero-order chi connectivity index (χ0) is 28.2. The van der Waals surface area contributed by atoms with Crippen molar-refractivity contribution in [1.82, 2.24) is 4.72 Å². The van der Waals surface area contributed by atoms with Crippen molar-refractivity contribution in [1.29, 1.82) is 0 Å². The third kappa shape index (κ3) is 9.56. The quantitative estimate of drug-likeness (QED) is 0.122. The van der Waals surface area contributed by atoms with Crippen molar-refractivity contribution in [2.24, 2.45) is 0 Å². The molecule has 2 rings (SSSR count). The first-order valence-electron chi connectivity index (χ1n) is 9.93. The molecule has 0 aromatic heterocycles. The van der Waals surface area contributed by atoms with Gasteiger partial charge in [0.15, 0.2) is 12.1 Å². The average molecular weight is 544 g/mol. The Morgan fingerprint density at radius 3 is 1.81 bits per heavy atom. The molecule has 1 heterocycles. The number of amides is 1. The van der Waals surface area contributed by atoms with E-state index in [-0.39, 0.29) is 16.7 Å². The van der Waals surface area contributed by atoms with Crippen LogP contribution in [-0.2, 0) is 19.6 Å². The van der Waals surface area contributed by atoms with Gasteiger partial charge in [0, 0.05) is 0 Å². The molecule has 36 heavy (non-hydrogen) atoms. The van der Waals surface area contributed by atoms with Crippen molar-refractivity contribution in [3.8, 4) is 0 Å². The van der Waals surface area contributed by atoms with Crippen LogP contribution in [0.4, 0.5) is 0 Å². The summed E-state index contributed by atoms with van der Waals surface area (Å²) in [5.41, 5.74) is 0.220. The van der Waals surface area contributed by atoms with Crippen LogP contribution in [-0.4, -0.2) is 140 Å². The topological polar surface area (TPSA) is 300 Å². The number of rotatable bonds is 10. The fraction of sp³-hybridized carbons (Fsp3) is 0.526. The lowest BCUT2D eigenvalue weighted by Gasteiger charge is -2.22. The Balaban J connectivity index is 0.000000510. The molecule has 16 nitrogen and oxygen atoms in total. The van der Waals surface area contributed by atoms with Gasteiger partial charge in [0.1, 0.15) is 54.2 Å². The van der Waals surface area contributed by atoms with E-state index in [0.29, 0.717) is 0 Å². The molecule has 11 N–H and O–H groups in total. The van der Waals surface area contributed by atoms with Crippen LogP contribution in [0.25, 0.3) is 0 Å². The highest BCUT2D eigenvalue weighted by Crippen LogP contribution is 2.20. The van der Waals surface area contributed by atoms with Gasteiger partial charge in [-0.05, 0) is 12.1 Å². The molecule has 0 bridgehead atoms. The van der Waals surface area contributed by atoms with Gasteiger partial charge < -0.3 is 55.9 Å². The number of hydrogen-bond acceptors (Lipinski definition) is 15. The van der Waals surface area contributed by atoms with Crippen LogP contribution < -0.4 is 4.72 Å². The van der Waals surface area contributed by atoms with Crippen LogP contribution >= 0.6 is 0 Å². The van der Waals surface area contributed by atoms with E-state index >= 15 is 0 Å². The zero-order valence-electron chi connectivity index (χ0n) is 18.5. The normalized spacial score (nSPS) is 19.3. The molecule has 206 valence electrons. The number of carbonyl (C=O) groups excluding carboxylic acids is 3. The predicted molar refractivity (Wildman–Crippen MR) is 115 cm³/mol. The minimum atomic E-state index is -3.55. The lowest BCUT2D eigenvalue weighted by atomic mass is 10.0. The second kappa shape index (κ2) is 15.6. The van der Waals surface area contributed by atoms with Gasteiger partial charge in [-0.1, -0.05) is 12.1 Å². The highest BCUT2D eigenvalue weighted by molar-refractivity contribution is 7.90. The molecule has 0 spiro atoms. The third-order valence-electron chi connectivity index (χ3n) is 4.46. The number of aliphatic hydroxyl groups is 10. The Hall–Kier alpha value is -2.42. The summed E-state index contributed by atoms with van der Waals surface area (Å²) in [4.78, 5) is 31.5. The monoisotopic (exact) mass is 543 g/mol. The number of ketones is 1. The van der Waals surface area contributed by atoms with E-state index in [4.69, 9.17) is 51.1 Å². The number of Topliss-reactive ketones (excluding diaryl/α,β-unsaturated/α-hetero) is 1. The number of aldehydes is 1. The Bertz CT molecular complexity index is 956. The van der Waals surface area contributed by atoms with Crippen molar-refractivity contribution >= 4 is 28.0 Å². The fourth-order valence-corrected chi connectivity index (χ4v) is 3.51. The summed E-state index contributed by atoms with van der Waals surface area (Å²) in [6.45, 7) is -2.45. The van der Waals surface area contributed by atoms with E-state index in [2.05, 4.69) is 0 Å². The Morgan fingerprint density at radius 1 is 0.861 bits per heavy atom. The first kappa shape index (κ1) is 33.6. The number of benzene rings is 1. The van der Waals surface area contributed by atoms with E-state index in [1.165, 1.54) is 12.1 Å². The van der Waals surface area contributed by atoms with E-state index in [9.17, 15) is 22.8 Å². The zero-order valence-corrected chi connectivity index (χ0v) is 19.3. The summed E-state index contributed by atoms with van der Waals surface area (Å²) in [7, 11) is -3.55. The smallest absolute Gasteiger partial charge is 0.266 e. The second-order valence-corrected chi connectivity index (χ2v) is 8.75. The maximum Gasteiger partial charge on any atom is 0.266 e. The average Bonchev–Trinajstić information content (AvgIpc) is 3.13. The van der Waals surface area contributed by atoms with Gasteiger partial charge in [0.2, 0.25) is 0 Å². The van der Waals surface area contributed by atoms with Gasteiger partial charge in [0.05, 0.1) is 18.8 Å². The van der Waals surface area contributed by atoms with Gasteiger partial charge in [-0.25, -0.2) is 13.1 Å². The predicted octanol–water partition coefficient (Wildman–Crippen LogP) is -6.64. The molecule has 17 heteroatoms. The van der Waals surface area contributed by atoms with Crippen LogP contribution in [0, 0.1) is 0 Å². The molecule has 1 aliphatic rings. The second-order valence-electron chi connectivity index (χ2n) is 7.10. The summed E-state index contributed by atoms with van der Waals surface area (Å²) in [6.07, 6.45) is -12.1. The molecular weight excluding hydrogens is 514 g/mol. The van der Waals surface area contributed by atoms with Gasteiger partial charge >= 0.3 is 0 Å². The molecule has 7 atom stereocenters. The van der Waals surface area contributed by atoms with E-state index in [0.717, 1.165) is 0 Å². The number of aliphatic hydroxyl groups excluding tert-OH is 10. The van der Waals surface area contributed by atoms with Crippen molar-refractivity contribution in [2.45, 2.75) is 47.6 Å². The van der Waals surface area contributed by atoms with Gasteiger partial charge in [-0.15, -0.1) is 0 Å². The molecule has 0 saturated carbocycles. The van der Waals surface area contributed by atoms with Gasteiger partial charge in [0.25, 0.3) is 15.9 Å². The largest absolute Gasteiger partial charge is 0.394 e. The maximum absolute atomic E-state index is 11.1. The van der Waals surface area contributed by atoms with Crippen LogP contribution in [0.3, 0.4) is 0 Å². The Labute approximate surface area is 204 Å². The molecule has 1 aliphatic heterocycles. The third-order valence-corrected chi connectivity index (χ3v) is 5.85. The standard InChI is InChI=1S/C7H5NO3S.2C6H12O6/c9-7-5-3-1-2-4-6(5)12(10,11)8-7;2*7-1-3(9)5(11)6(12)4(10)2-8/h1-4H,(H,8,9);3,5-9,11-12H,1-2H2;1,3-6,8-12H,2H2/t;3-,5-,6-;3-,4+,5+,6+/m.10/s1. The lowest BCUT2D eigenvalue weighted by Crippen LogP contribution is -2.46. The van der Waals surface area contributed by atoms with Crippen LogP contribution in [0.5, 0.6) is 0 Å². The minimum Gasteiger partial charge on any atom is -0.394 e. The van der Waals surface area contributed by atoms with E-state index < -0.39 is 84.3 Å². The first-order valence-corrected chi connectivity index (χ1v) is 11.4. The minimum absolute atomic E-state index is 0.0258. The Morgan fingerprint density at radius 2 is 1.36 bits per heavy atom. The molecule has 0 aliphatic carbocycles. The van der Waals surface area contributed by atoms with Crippen LogP contribution in [0.1, 0.15) is 10.4 Å². The number of carbonyl (C=O) groups is 3. The highest BCUT2D eigenvalue weighted by Gasteiger charge is 2.32. The summed E-state index contributed by atoms with van der Waals surface area (Å²) in [6, 6.07) is 6.09. The van der Waals surface area contributed by atoms with Gasteiger partial charge in [-0.3, -0.25) is 9.59 Å². The molecule has 0 unspecified atom stereocenters. The van der Waals surface area contributed by atoms with Crippen molar-refractivity contribution in [2.75, 3.05) is 19.8 Å². The first-order chi connectivity index (χ1) is 16.7. The number of fused-ring (bicyclic) bond motifs is 1. The SMILES string of the molecule is O=C(CO)[C@@H](O)[C@H](O)[C@H](O)CO.O=C1NS(=O)(=O)c2ccccc21.O=C[C@H](O)[C@@H](O)[C@H](O)[C@H](O)CO. The highest BCUT2D eigenvalue weighted by atomic mass is 32.2. The van der Waals surface area contributed by atoms with E-state index in [1.54, 1.807) is 12.1 Å². The number of nitrogens with one attached hydrogen (secondary N) is 1. The maximum atomic E-state index is 11.1. The fourth-order valence-electron chi connectivity index (χ4n) is 2.34. The van der Waals surface area contributed by atoms with Crippen molar-refractivity contribution < 1.29 is 73.9 Å². The summed E-state index contributed by atoms with van der Waals surface area (Å²) in [5, 5.41) is 86.6. The molecule has 0 saturated heterocycles.